The second-order valence-electron chi connectivity index (χ2n) is 9.94. The molecule has 1 heterocycles. The van der Waals surface area contributed by atoms with Gasteiger partial charge in [-0.3, -0.25) is 19.3 Å². The van der Waals surface area contributed by atoms with E-state index in [-0.39, 0.29) is 29.8 Å². The van der Waals surface area contributed by atoms with Gasteiger partial charge in [-0.15, -0.1) is 0 Å². The molecule has 3 aromatic rings. The van der Waals surface area contributed by atoms with Crippen LogP contribution >= 0.6 is 11.8 Å². The fourth-order valence-electron chi connectivity index (χ4n) is 4.55. The molecule has 0 aliphatic heterocycles. The van der Waals surface area contributed by atoms with Crippen molar-refractivity contribution in [2.45, 2.75) is 45.3 Å². The lowest BCUT2D eigenvalue weighted by molar-refractivity contribution is -0.142. The van der Waals surface area contributed by atoms with Crippen LogP contribution in [0.15, 0.2) is 65.5 Å². The summed E-state index contributed by atoms with van der Waals surface area (Å²) in [5, 5.41) is 17.5. The normalized spacial score (nSPS) is 13.5. The number of nitrogens with one attached hydrogen (secondary N) is 3. The maximum atomic E-state index is 13.1. The zero-order chi connectivity index (χ0) is 29.1. The van der Waals surface area contributed by atoms with Gasteiger partial charge in [0.25, 0.3) is 5.91 Å². The number of benzene rings is 2. The van der Waals surface area contributed by atoms with E-state index >= 15 is 0 Å². The van der Waals surface area contributed by atoms with Gasteiger partial charge in [0.15, 0.2) is 0 Å². The Kier molecular flexibility index (Phi) is 11.8. The number of H-pyrrole nitrogens is 1. The maximum absolute atomic E-state index is 13.1. The van der Waals surface area contributed by atoms with Crippen molar-refractivity contribution in [3.8, 4) is 0 Å². The lowest BCUT2D eigenvalue weighted by atomic mass is 9.97. The first-order valence-corrected chi connectivity index (χ1v) is 14.8. The molecule has 214 valence electrons. The molecule has 9 nitrogen and oxygen atoms in total. The number of hydrogen-bond acceptors (Lipinski definition) is 6. The number of aliphatic carboxylic acids is 1. The molecule has 2 aromatic carbocycles. The van der Waals surface area contributed by atoms with Gasteiger partial charge in [0, 0.05) is 25.2 Å². The van der Waals surface area contributed by atoms with Gasteiger partial charge < -0.3 is 20.7 Å². The van der Waals surface area contributed by atoms with Crippen molar-refractivity contribution < 1.29 is 19.5 Å². The van der Waals surface area contributed by atoms with Crippen LogP contribution in [0.2, 0.25) is 0 Å². The zero-order valence-electron chi connectivity index (χ0n) is 23.2. The number of aromatic nitrogens is 1. The molecule has 0 unspecified atom stereocenters. The number of carboxylic acids is 1. The smallest absolute Gasteiger partial charge is 0.326 e. The summed E-state index contributed by atoms with van der Waals surface area (Å²) in [6, 6.07) is 17.1. The highest BCUT2D eigenvalue weighted by Crippen LogP contribution is 2.21. The Morgan fingerprint density at radius 2 is 1.75 bits per heavy atom. The Morgan fingerprint density at radius 3 is 2.45 bits per heavy atom. The fourth-order valence-corrected chi connectivity index (χ4v) is 5.02. The SMILES string of the molecule is CC[C@H](C)[C@@H](CN(CC(=O)N[C@@H](CCSC)C(=O)O)Cc1cccc2ccccc12)NC(=O)c1cccc(=O)[nH]1. The fraction of sp³-hybridized carbons (Fsp3) is 0.400. The number of carboxylic acid groups (broad SMARTS) is 1. The number of carbonyl (C=O) groups excluding carboxylic acids is 2. The van der Waals surface area contributed by atoms with Gasteiger partial charge in [-0.2, -0.15) is 11.8 Å². The summed E-state index contributed by atoms with van der Waals surface area (Å²) in [5.41, 5.74) is 0.818. The topological polar surface area (TPSA) is 132 Å². The summed E-state index contributed by atoms with van der Waals surface area (Å²) in [7, 11) is 0. The molecule has 0 aliphatic carbocycles. The van der Waals surface area contributed by atoms with E-state index in [1.165, 1.54) is 23.9 Å². The van der Waals surface area contributed by atoms with Crippen LogP contribution in [0, 0.1) is 5.92 Å². The van der Waals surface area contributed by atoms with Crippen molar-refractivity contribution in [2.75, 3.05) is 25.1 Å². The molecular formula is C30H38N4O5S. The predicted molar refractivity (Wildman–Crippen MR) is 160 cm³/mol. The van der Waals surface area contributed by atoms with Crippen LogP contribution in [0.1, 0.15) is 42.7 Å². The summed E-state index contributed by atoms with van der Waals surface area (Å²) in [6.07, 6.45) is 2.99. The van der Waals surface area contributed by atoms with Crippen LogP contribution in [0.25, 0.3) is 10.8 Å². The van der Waals surface area contributed by atoms with E-state index in [0.717, 1.165) is 22.8 Å². The van der Waals surface area contributed by atoms with Crippen molar-refractivity contribution in [3.05, 3.63) is 82.3 Å². The standard InChI is InChI=1S/C30H38N4O5S/c1-4-20(2)26(33-29(37)24-13-8-14-27(35)31-24)18-34(19-28(36)32-25(30(38)39)15-16-40-3)17-22-11-7-10-21-9-5-6-12-23(21)22/h5-14,20,25-26H,4,15-19H2,1-3H3,(H,31,35)(H,32,36)(H,33,37)(H,38,39)/t20-,25-,26+/m0/s1. The number of thioether (sulfide) groups is 1. The van der Waals surface area contributed by atoms with E-state index in [0.29, 0.717) is 25.3 Å². The van der Waals surface area contributed by atoms with Gasteiger partial charge in [0.2, 0.25) is 11.5 Å². The largest absolute Gasteiger partial charge is 0.480 e. The number of fused-ring (bicyclic) bond motifs is 1. The van der Waals surface area contributed by atoms with E-state index in [9.17, 15) is 24.3 Å². The summed E-state index contributed by atoms with van der Waals surface area (Å²) < 4.78 is 0. The highest BCUT2D eigenvalue weighted by atomic mass is 32.2. The van der Waals surface area contributed by atoms with Crippen LogP contribution in [0.4, 0.5) is 0 Å². The first-order chi connectivity index (χ1) is 19.2. The minimum absolute atomic E-state index is 0.0444. The van der Waals surface area contributed by atoms with E-state index in [1.54, 1.807) is 6.07 Å². The van der Waals surface area contributed by atoms with Crippen LogP contribution in [-0.2, 0) is 16.1 Å². The number of rotatable bonds is 15. The van der Waals surface area contributed by atoms with Crippen molar-refractivity contribution >= 4 is 40.3 Å². The molecule has 0 saturated heterocycles. The third-order valence-electron chi connectivity index (χ3n) is 7.00. The summed E-state index contributed by atoms with van der Waals surface area (Å²) in [5.74, 6) is -1.19. The van der Waals surface area contributed by atoms with Crippen LogP contribution in [-0.4, -0.2) is 70.0 Å². The highest BCUT2D eigenvalue weighted by Gasteiger charge is 2.26. The molecule has 0 radical (unpaired) electrons. The maximum Gasteiger partial charge on any atom is 0.326 e. The van der Waals surface area contributed by atoms with Crippen molar-refractivity contribution in [2.24, 2.45) is 5.92 Å². The van der Waals surface area contributed by atoms with Crippen molar-refractivity contribution in [1.82, 2.24) is 20.5 Å². The monoisotopic (exact) mass is 566 g/mol. The van der Waals surface area contributed by atoms with Crippen LogP contribution < -0.4 is 16.2 Å². The molecule has 0 saturated carbocycles. The molecule has 0 aliphatic rings. The number of nitrogens with zero attached hydrogens (tertiary/aromatic N) is 1. The number of pyridine rings is 1. The summed E-state index contributed by atoms with van der Waals surface area (Å²) in [4.78, 5) is 54.2. The van der Waals surface area contributed by atoms with E-state index in [1.807, 2.05) is 67.5 Å². The molecular weight excluding hydrogens is 528 g/mol. The Morgan fingerprint density at radius 1 is 1.02 bits per heavy atom. The van der Waals surface area contributed by atoms with Gasteiger partial charge in [0.1, 0.15) is 11.7 Å². The Hall–Kier alpha value is -3.63. The molecule has 0 spiro atoms. The summed E-state index contributed by atoms with van der Waals surface area (Å²) in [6.45, 7) is 4.77. The predicted octanol–water partition coefficient (Wildman–Crippen LogP) is 3.50. The van der Waals surface area contributed by atoms with Gasteiger partial charge >= 0.3 is 5.97 Å². The summed E-state index contributed by atoms with van der Waals surface area (Å²) >= 11 is 1.52. The van der Waals surface area contributed by atoms with Gasteiger partial charge in [-0.05, 0) is 46.7 Å². The molecule has 10 heteroatoms. The molecule has 4 N–H and O–H groups in total. The molecule has 0 fully saturated rings. The van der Waals surface area contributed by atoms with Gasteiger partial charge in [-0.1, -0.05) is 68.8 Å². The van der Waals surface area contributed by atoms with E-state index in [2.05, 4.69) is 15.6 Å². The molecule has 1 aromatic heterocycles. The third-order valence-corrected chi connectivity index (χ3v) is 7.64. The Balaban J connectivity index is 1.87. The molecule has 3 atom stereocenters. The average Bonchev–Trinajstić information content (AvgIpc) is 2.94. The molecule has 2 amide bonds. The number of carbonyl (C=O) groups is 3. The van der Waals surface area contributed by atoms with Gasteiger partial charge in [0.05, 0.1) is 6.54 Å². The lowest BCUT2D eigenvalue weighted by Crippen LogP contribution is -2.51. The number of aromatic amines is 1. The van der Waals surface area contributed by atoms with Crippen LogP contribution in [0.3, 0.4) is 0 Å². The minimum atomic E-state index is -1.07. The molecule has 40 heavy (non-hydrogen) atoms. The Labute approximate surface area is 238 Å². The second-order valence-corrected chi connectivity index (χ2v) is 10.9. The minimum Gasteiger partial charge on any atom is -0.480 e. The van der Waals surface area contributed by atoms with E-state index in [4.69, 9.17) is 0 Å². The first-order valence-electron chi connectivity index (χ1n) is 13.4. The quantitative estimate of drug-likeness (QED) is 0.221. The van der Waals surface area contributed by atoms with Crippen molar-refractivity contribution in [3.63, 3.8) is 0 Å². The van der Waals surface area contributed by atoms with Crippen LogP contribution in [0.5, 0.6) is 0 Å². The Bertz CT molecular complexity index is 1360. The lowest BCUT2D eigenvalue weighted by Gasteiger charge is -2.31. The van der Waals surface area contributed by atoms with Crippen molar-refractivity contribution in [1.29, 1.82) is 0 Å². The van der Waals surface area contributed by atoms with E-state index < -0.39 is 23.8 Å². The molecule has 0 bridgehead atoms. The number of hydrogen-bond donors (Lipinski definition) is 4. The molecule has 3 rings (SSSR count). The highest BCUT2D eigenvalue weighted by molar-refractivity contribution is 7.98. The number of amides is 2. The second kappa shape index (κ2) is 15.2. The zero-order valence-corrected chi connectivity index (χ0v) is 24.0. The average molecular weight is 567 g/mol. The van der Waals surface area contributed by atoms with Gasteiger partial charge in [-0.25, -0.2) is 4.79 Å². The third kappa shape index (κ3) is 8.96. The first kappa shape index (κ1) is 30.9.